The highest BCUT2D eigenvalue weighted by Crippen LogP contribution is 2.20. The molecule has 0 saturated carbocycles. The zero-order valence-corrected chi connectivity index (χ0v) is 16.7. The molecule has 2 atom stereocenters. The lowest BCUT2D eigenvalue weighted by Gasteiger charge is -2.16. The Morgan fingerprint density at radius 2 is 2.16 bits per heavy atom. The van der Waals surface area contributed by atoms with Gasteiger partial charge in [0.25, 0.3) is 0 Å². The van der Waals surface area contributed by atoms with Gasteiger partial charge in [0, 0.05) is 6.04 Å². The van der Waals surface area contributed by atoms with E-state index in [4.69, 9.17) is 4.74 Å². The summed E-state index contributed by atoms with van der Waals surface area (Å²) in [7, 11) is -2.96. The van der Waals surface area contributed by atoms with E-state index in [-0.39, 0.29) is 28.7 Å². The second-order valence-corrected chi connectivity index (χ2v) is 10.3. The predicted molar refractivity (Wildman–Crippen MR) is 103 cm³/mol. The van der Waals surface area contributed by atoms with Crippen LogP contribution in [0.15, 0.2) is 18.2 Å². The van der Waals surface area contributed by atoms with Crippen LogP contribution in [0.3, 0.4) is 0 Å². The number of carbonyl (C=O) groups is 1. The Morgan fingerprint density at radius 1 is 1.40 bits per heavy atom. The van der Waals surface area contributed by atoms with E-state index in [1.165, 1.54) is 5.56 Å². The molecule has 2 rings (SSSR count). The monoisotopic (exact) mass is 385 g/mol. The molecule has 0 radical (unpaired) electrons. The molecule has 0 aromatic heterocycles. The first kappa shape index (κ1) is 20.1. The molecule has 7 heteroatoms. The Kier molecular flexibility index (Phi) is 7.19. The fourth-order valence-corrected chi connectivity index (χ4v) is 5.20. The minimum atomic E-state index is -2.96. The Balaban J connectivity index is 1.64. The van der Waals surface area contributed by atoms with Crippen LogP contribution < -0.4 is 10.1 Å². The number of thioether (sulfide) groups is 1. The molecule has 0 spiro atoms. The maximum absolute atomic E-state index is 12.1. The van der Waals surface area contributed by atoms with E-state index >= 15 is 0 Å². The van der Waals surface area contributed by atoms with Gasteiger partial charge >= 0.3 is 0 Å². The molecule has 140 valence electrons. The first-order valence-electron chi connectivity index (χ1n) is 8.59. The van der Waals surface area contributed by atoms with Gasteiger partial charge in [-0.05, 0) is 56.6 Å². The summed E-state index contributed by atoms with van der Waals surface area (Å²) in [5.74, 6) is 1.90. The number of sulfone groups is 1. The quantitative estimate of drug-likeness (QED) is 0.696. The minimum absolute atomic E-state index is 0.0693. The van der Waals surface area contributed by atoms with E-state index in [0.717, 1.165) is 23.5 Å². The normalized spacial score (nSPS) is 20.2. The SMILES string of the molecule is Cc1ccc(C)c(OCCCS[C@H](C)C(=O)N[C@@H]2CCS(=O)(=O)C2)c1. The smallest absolute Gasteiger partial charge is 0.233 e. The minimum Gasteiger partial charge on any atom is -0.493 e. The van der Waals surface area contributed by atoms with Crippen molar-refractivity contribution in [3.63, 3.8) is 0 Å². The summed E-state index contributed by atoms with van der Waals surface area (Å²) in [6.07, 6.45) is 1.38. The van der Waals surface area contributed by atoms with E-state index in [1.54, 1.807) is 11.8 Å². The molecular formula is C18H27NO4S2. The predicted octanol–water partition coefficient (Wildman–Crippen LogP) is 2.50. The van der Waals surface area contributed by atoms with Crippen LogP contribution in [0.5, 0.6) is 5.75 Å². The second kappa shape index (κ2) is 8.94. The van der Waals surface area contributed by atoms with Crippen molar-refractivity contribution >= 4 is 27.5 Å². The molecule has 0 unspecified atom stereocenters. The third-order valence-electron chi connectivity index (χ3n) is 4.21. The molecule has 1 aliphatic rings. The summed E-state index contributed by atoms with van der Waals surface area (Å²) in [5.41, 5.74) is 2.30. The Bertz CT molecular complexity index is 703. The van der Waals surface area contributed by atoms with Crippen LogP contribution in [-0.2, 0) is 14.6 Å². The van der Waals surface area contributed by atoms with Gasteiger partial charge in [0.15, 0.2) is 9.84 Å². The maximum atomic E-state index is 12.1. The van der Waals surface area contributed by atoms with Crippen LogP contribution in [0.1, 0.15) is 30.9 Å². The number of rotatable bonds is 8. The number of benzene rings is 1. The lowest BCUT2D eigenvalue weighted by molar-refractivity contribution is -0.120. The molecule has 1 saturated heterocycles. The second-order valence-electron chi connectivity index (χ2n) is 6.59. The molecule has 1 N–H and O–H groups in total. The van der Waals surface area contributed by atoms with Crippen LogP contribution in [0.2, 0.25) is 0 Å². The van der Waals surface area contributed by atoms with Crippen molar-refractivity contribution in [2.45, 2.75) is 44.9 Å². The van der Waals surface area contributed by atoms with E-state index in [2.05, 4.69) is 17.4 Å². The molecule has 1 aromatic carbocycles. The number of carbonyl (C=O) groups excluding carboxylic acids is 1. The van der Waals surface area contributed by atoms with Crippen molar-refractivity contribution in [1.29, 1.82) is 0 Å². The molecule has 1 amide bonds. The van der Waals surface area contributed by atoms with Gasteiger partial charge in [0.2, 0.25) is 5.91 Å². The lowest BCUT2D eigenvalue weighted by atomic mass is 10.1. The highest BCUT2D eigenvalue weighted by atomic mass is 32.2. The molecule has 5 nitrogen and oxygen atoms in total. The van der Waals surface area contributed by atoms with Crippen molar-refractivity contribution in [3.8, 4) is 5.75 Å². The number of nitrogens with one attached hydrogen (secondary N) is 1. The van der Waals surface area contributed by atoms with Crippen molar-refractivity contribution in [2.24, 2.45) is 0 Å². The molecule has 0 aliphatic carbocycles. The number of ether oxygens (including phenoxy) is 1. The van der Waals surface area contributed by atoms with E-state index in [0.29, 0.717) is 13.0 Å². The zero-order valence-electron chi connectivity index (χ0n) is 15.1. The number of aryl methyl sites for hydroxylation is 2. The molecule has 1 heterocycles. The Hall–Kier alpha value is -1.21. The van der Waals surface area contributed by atoms with Gasteiger partial charge in [-0.3, -0.25) is 4.79 Å². The topological polar surface area (TPSA) is 72.5 Å². The molecule has 25 heavy (non-hydrogen) atoms. The third-order valence-corrected chi connectivity index (χ3v) is 7.21. The van der Waals surface area contributed by atoms with Gasteiger partial charge in [-0.25, -0.2) is 8.42 Å². The van der Waals surface area contributed by atoms with Gasteiger partial charge in [0.1, 0.15) is 5.75 Å². The zero-order chi connectivity index (χ0) is 18.4. The largest absolute Gasteiger partial charge is 0.493 e. The first-order chi connectivity index (χ1) is 11.8. The fraction of sp³-hybridized carbons (Fsp3) is 0.611. The summed E-state index contributed by atoms with van der Waals surface area (Å²) in [4.78, 5) is 12.1. The molecule has 1 aliphatic heterocycles. The van der Waals surface area contributed by atoms with E-state index in [1.807, 2.05) is 26.8 Å². The van der Waals surface area contributed by atoms with Crippen LogP contribution in [0.25, 0.3) is 0 Å². The average Bonchev–Trinajstić information content (AvgIpc) is 2.88. The molecule has 0 bridgehead atoms. The average molecular weight is 386 g/mol. The van der Waals surface area contributed by atoms with Crippen molar-refractivity contribution in [2.75, 3.05) is 23.9 Å². The summed E-state index contributed by atoms with van der Waals surface area (Å²) in [6, 6.07) is 5.92. The van der Waals surface area contributed by atoms with Crippen LogP contribution in [-0.4, -0.2) is 49.5 Å². The van der Waals surface area contributed by atoms with Crippen LogP contribution in [0.4, 0.5) is 0 Å². The summed E-state index contributed by atoms with van der Waals surface area (Å²) >= 11 is 1.57. The molecular weight excluding hydrogens is 358 g/mol. The van der Waals surface area contributed by atoms with Gasteiger partial charge < -0.3 is 10.1 Å². The van der Waals surface area contributed by atoms with Crippen LogP contribution in [0, 0.1) is 13.8 Å². The number of hydrogen-bond donors (Lipinski definition) is 1. The first-order valence-corrected chi connectivity index (χ1v) is 11.5. The van der Waals surface area contributed by atoms with Crippen LogP contribution >= 0.6 is 11.8 Å². The van der Waals surface area contributed by atoms with E-state index in [9.17, 15) is 13.2 Å². The Morgan fingerprint density at radius 3 is 2.84 bits per heavy atom. The number of amides is 1. The number of hydrogen-bond acceptors (Lipinski definition) is 5. The van der Waals surface area contributed by atoms with E-state index < -0.39 is 9.84 Å². The maximum Gasteiger partial charge on any atom is 0.233 e. The highest BCUT2D eigenvalue weighted by molar-refractivity contribution is 8.00. The molecule has 1 fully saturated rings. The van der Waals surface area contributed by atoms with Gasteiger partial charge in [0.05, 0.1) is 23.4 Å². The standard InChI is InChI=1S/C18H27NO4S2/c1-13-5-6-14(2)17(11-13)23-8-4-9-24-15(3)18(20)19-16-7-10-25(21,22)12-16/h5-6,11,15-16H,4,7-10,12H2,1-3H3,(H,19,20)/t15-,16-/m1/s1. The van der Waals surface area contributed by atoms with Crippen molar-refractivity contribution < 1.29 is 17.9 Å². The summed E-state index contributed by atoms with van der Waals surface area (Å²) in [5, 5.41) is 2.65. The highest BCUT2D eigenvalue weighted by Gasteiger charge is 2.29. The summed E-state index contributed by atoms with van der Waals surface area (Å²) < 4.78 is 28.7. The third kappa shape index (κ3) is 6.55. The molecule has 1 aromatic rings. The fourth-order valence-electron chi connectivity index (χ4n) is 2.67. The van der Waals surface area contributed by atoms with Crippen molar-refractivity contribution in [3.05, 3.63) is 29.3 Å². The van der Waals surface area contributed by atoms with Gasteiger partial charge in [-0.1, -0.05) is 12.1 Å². The van der Waals surface area contributed by atoms with Gasteiger partial charge in [-0.15, -0.1) is 11.8 Å². The Labute approximate surface area is 154 Å². The van der Waals surface area contributed by atoms with Gasteiger partial charge in [-0.2, -0.15) is 0 Å². The summed E-state index contributed by atoms with van der Waals surface area (Å²) in [6.45, 7) is 6.54. The van der Waals surface area contributed by atoms with Crippen molar-refractivity contribution in [1.82, 2.24) is 5.32 Å². The lowest BCUT2D eigenvalue weighted by Crippen LogP contribution is -2.40.